The van der Waals surface area contributed by atoms with E-state index < -0.39 is 5.54 Å². The van der Waals surface area contributed by atoms with Crippen LogP contribution < -0.4 is 0 Å². The molecule has 7 rings (SSSR count). The van der Waals surface area contributed by atoms with Crippen LogP contribution in [-0.2, 0) is 16.6 Å². The predicted molar refractivity (Wildman–Crippen MR) is 151 cm³/mol. The number of carbonyl (C=O) groups is 2. The van der Waals surface area contributed by atoms with Crippen LogP contribution in [0.4, 0.5) is 0 Å². The molecule has 2 aliphatic heterocycles. The molecule has 200 valence electrons. The van der Waals surface area contributed by atoms with E-state index in [0.717, 1.165) is 91.7 Å². The van der Waals surface area contributed by atoms with Crippen LogP contribution in [0.3, 0.4) is 0 Å². The smallest absolute Gasteiger partial charge is 0.256 e. The zero-order valence-electron chi connectivity index (χ0n) is 22.6. The number of amidine groups is 1. The van der Waals surface area contributed by atoms with Gasteiger partial charge in [0, 0.05) is 49.9 Å². The van der Waals surface area contributed by atoms with E-state index in [1.54, 1.807) is 0 Å². The first-order valence-electron chi connectivity index (χ1n) is 14.4. The monoisotopic (exact) mass is 521 g/mol. The van der Waals surface area contributed by atoms with Gasteiger partial charge in [0.2, 0.25) is 5.91 Å². The van der Waals surface area contributed by atoms with Gasteiger partial charge in [-0.05, 0) is 54.7 Å². The first-order chi connectivity index (χ1) is 19.0. The van der Waals surface area contributed by atoms with E-state index in [2.05, 4.69) is 53.6 Å². The van der Waals surface area contributed by atoms with E-state index in [4.69, 9.17) is 4.99 Å². The molecule has 1 spiro atoms. The molecule has 1 saturated heterocycles. The number of benzene rings is 2. The minimum Gasteiger partial charge on any atom is -0.342 e. The molecule has 1 aromatic heterocycles. The number of carbonyl (C=O) groups excluding carboxylic acids is 2. The van der Waals surface area contributed by atoms with Gasteiger partial charge in [-0.1, -0.05) is 61.4 Å². The highest BCUT2D eigenvalue weighted by Crippen LogP contribution is 2.41. The lowest BCUT2D eigenvalue weighted by molar-refractivity contribution is -0.131. The van der Waals surface area contributed by atoms with Crippen molar-refractivity contribution in [3.8, 4) is 22.3 Å². The van der Waals surface area contributed by atoms with E-state index in [1.165, 1.54) is 0 Å². The lowest BCUT2D eigenvalue weighted by Crippen LogP contribution is -2.44. The molecule has 2 aromatic carbocycles. The summed E-state index contributed by atoms with van der Waals surface area (Å²) in [5, 5.41) is 4.27. The third-order valence-electron chi connectivity index (χ3n) is 9.01. The molecule has 7 nitrogen and oxygen atoms in total. The molecule has 0 radical (unpaired) electrons. The number of amides is 2. The molecule has 3 heterocycles. The molecule has 39 heavy (non-hydrogen) atoms. The van der Waals surface area contributed by atoms with Gasteiger partial charge >= 0.3 is 0 Å². The summed E-state index contributed by atoms with van der Waals surface area (Å²) in [5.41, 5.74) is 4.93. The molecule has 0 N–H and O–H groups in total. The van der Waals surface area contributed by atoms with Crippen LogP contribution >= 0.6 is 0 Å². The number of likely N-dealkylation sites (tertiary alicyclic amines) is 1. The SMILES string of the molecule is Cn1cc(-c2ccc(-c3ccc(C4=NC5(CCCC5)C(=O)N4C[C@@H]4CCN(C(=O)C5CC5)C4)cc3)cc2)cn1. The second-order valence-electron chi connectivity index (χ2n) is 11.9. The van der Waals surface area contributed by atoms with Gasteiger partial charge in [-0.25, -0.2) is 0 Å². The summed E-state index contributed by atoms with van der Waals surface area (Å²) in [5.74, 6) is 1.84. The average Bonchev–Trinajstić information content (AvgIpc) is 3.26. The maximum atomic E-state index is 13.8. The number of aliphatic imine (C=N–C) groups is 1. The summed E-state index contributed by atoms with van der Waals surface area (Å²) in [7, 11) is 1.93. The van der Waals surface area contributed by atoms with Crippen molar-refractivity contribution in [1.29, 1.82) is 0 Å². The van der Waals surface area contributed by atoms with Crippen molar-refractivity contribution in [2.45, 2.75) is 50.5 Å². The van der Waals surface area contributed by atoms with E-state index >= 15 is 0 Å². The first kappa shape index (κ1) is 24.3. The summed E-state index contributed by atoms with van der Waals surface area (Å²) >= 11 is 0. The van der Waals surface area contributed by atoms with Gasteiger partial charge < -0.3 is 4.90 Å². The minimum atomic E-state index is -0.585. The normalized spacial score (nSPS) is 22.2. The van der Waals surface area contributed by atoms with Crippen molar-refractivity contribution < 1.29 is 9.59 Å². The fraction of sp³-hybridized carbons (Fsp3) is 0.438. The standard InChI is InChI=1S/C32H35N5O2/c1-35-21-28(18-33-35)25-6-4-23(5-7-25)24-8-10-26(11-9-24)29-34-32(15-2-3-16-32)31(39)37(29)20-22-14-17-36(19-22)30(38)27-12-13-27/h4-11,18,21-22,27H,2-3,12-17,19-20H2,1H3/t22-/m1/s1. The van der Waals surface area contributed by atoms with Crippen LogP contribution in [0.2, 0.25) is 0 Å². The van der Waals surface area contributed by atoms with Crippen LogP contribution in [0.25, 0.3) is 22.3 Å². The summed E-state index contributed by atoms with van der Waals surface area (Å²) < 4.78 is 1.81. The van der Waals surface area contributed by atoms with E-state index in [9.17, 15) is 9.59 Å². The van der Waals surface area contributed by atoms with Gasteiger partial charge in [0.05, 0.1) is 6.20 Å². The van der Waals surface area contributed by atoms with Crippen molar-refractivity contribution in [2.24, 2.45) is 23.9 Å². The molecule has 0 unspecified atom stereocenters. The van der Waals surface area contributed by atoms with Crippen molar-refractivity contribution in [3.05, 3.63) is 66.5 Å². The fourth-order valence-corrected chi connectivity index (χ4v) is 6.60. The number of hydrogen-bond acceptors (Lipinski definition) is 4. The molecule has 2 aliphatic carbocycles. The summed E-state index contributed by atoms with van der Waals surface area (Å²) in [6, 6.07) is 17.0. The van der Waals surface area contributed by atoms with Crippen LogP contribution in [-0.4, -0.2) is 62.4 Å². The van der Waals surface area contributed by atoms with E-state index in [-0.39, 0.29) is 11.8 Å². The Bertz CT molecular complexity index is 1430. The Kier molecular flexibility index (Phi) is 5.90. The van der Waals surface area contributed by atoms with Crippen LogP contribution in [0.15, 0.2) is 65.9 Å². The van der Waals surface area contributed by atoms with Crippen LogP contribution in [0, 0.1) is 11.8 Å². The Morgan fingerprint density at radius 3 is 2.10 bits per heavy atom. The van der Waals surface area contributed by atoms with Gasteiger partial charge in [-0.2, -0.15) is 5.10 Å². The Morgan fingerprint density at radius 2 is 1.51 bits per heavy atom. The molecule has 0 bridgehead atoms. The zero-order valence-corrected chi connectivity index (χ0v) is 22.6. The molecule has 4 aliphatic rings. The first-order valence-corrected chi connectivity index (χ1v) is 14.4. The second kappa shape index (κ2) is 9.47. The second-order valence-corrected chi connectivity index (χ2v) is 11.9. The topological polar surface area (TPSA) is 70.8 Å². The number of aryl methyl sites for hydroxylation is 1. The number of aromatic nitrogens is 2. The highest BCUT2D eigenvalue weighted by atomic mass is 16.2. The minimum absolute atomic E-state index is 0.164. The van der Waals surface area contributed by atoms with Crippen molar-refractivity contribution in [3.63, 3.8) is 0 Å². The molecule has 3 fully saturated rings. The largest absolute Gasteiger partial charge is 0.342 e. The highest BCUT2D eigenvalue weighted by Gasteiger charge is 2.50. The Labute approximate surface area is 229 Å². The summed E-state index contributed by atoms with van der Waals surface area (Å²) in [4.78, 5) is 35.5. The Balaban J connectivity index is 1.11. The highest BCUT2D eigenvalue weighted by molar-refractivity contribution is 6.15. The van der Waals surface area contributed by atoms with Gasteiger partial charge in [-0.15, -0.1) is 0 Å². The maximum Gasteiger partial charge on any atom is 0.256 e. The van der Waals surface area contributed by atoms with E-state index in [1.807, 2.05) is 33.9 Å². The van der Waals surface area contributed by atoms with Crippen molar-refractivity contribution in [2.75, 3.05) is 19.6 Å². The Hall–Kier alpha value is -3.74. The van der Waals surface area contributed by atoms with Gasteiger partial charge in [-0.3, -0.25) is 24.2 Å². The fourth-order valence-electron chi connectivity index (χ4n) is 6.60. The van der Waals surface area contributed by atoms with Crippen LogP contribution in [0.5, 0.6) is 0 Å². The van der Waals surface area contributed by atoms with Crippen LogP contribution in [0.1, 0.15) is 50.5 Å². The lowest BCUT2D eigenvalue weighted by atomic mass is 9.97. The molecule has 3 aromatic rings. The van der Waals surface area contributed by atoms with Gasteiger partial charge in [0.1, 0.15) is 11.4 Å². The van der Waals surface area contributed by atoms with Gasteiger partial charge in [0.25, 0.3) is 5.91 Å². The maximum absolute atomic E-state index is 13.8. The molecule has 2 amide bonds. The summed E-state index contributed by atoms with van der Waals surface area (Å²) in [6.07, 6.45) is 10.7. The number of nitrogens with zero attached hydrogens (tertiary/aromatic N) is 5. The lowest BCUT2D eigenvalue weighted by Gasteiger charge is -2.25. The number of hydrogen-bond donors (Lipinski definition) is 0. The number of rotatable bonds is 6. The third-order valence-corrected chi connectivity index (χ3v) is 9.01. The molecular weight excluding hydrogens is 486 g/mol. The molecule has 2 saturated carbocycles. The van der Waals surface area contributed by atoms with E-state index in [0.29, 0.717) is 18.4 Å². The summed E-state index contributed by atoms with van der Waals surface area (Å²) in [6.45, 7) is 2.21. The quantitative estimate of drug-likeness (QED) is 0.463. The van der Waals surface area contributed by atoms with Crippen molar-refractivity contribution >= 4 is 17.6 Å². The zero-order chi connectivity index (χ0) is 26.6. The van der Waals surface area contributed by atoms with Gasteiger partial charge in [0.15, 0.2) is 0 Å². The molecule has 1 atom stereocenters. The molecular formula is C32H35N5O2. The average molecular weight is 522 g/mol. The third kappa shape index (κ3) is 4.48. The molecule has 7 heteroatoms. The predicted octanol–water partition coefficient (Wildman–Crippen LogP) is 4.91. The van der Waals surface area contributed by atoms with Crippen molar-refractivity contribution in [1.82, 2.24) is 19.6 Å². The Morgan fingerprint density at radius 1 is 0.897 bits per heavy atom.